The fourth-order valence-electron chi connectivity index (χ4n) is 1.92. The molecular formula is C13H9BrN4. The maximum absolute atomic E-state index is 9.19. The van der Waals surface area contributed by atoms with Gasteiger partial charge in [-0.1, -0.05) is 51.4 Å². The van der Waals surface area contributed by atoms with Crippen molar-refractivity contribution in [1.82, 2.24) is 0 Å². The molecule has 0 spiro atoms. The highest BCUT2D eigenvalue weighted by Gasteiger charge is 2.13. The molecule has 88 valence electrons. The molecule has 0 bridgehead atoms. The van der Waals surface area contributed by atoms with E-state index in [4.69, 9.17) is 5.53 Å². The van der Waals surface area contributed by atoms with E-state index in [0.717, 1.165) is 20.8 Å². The van der Waals surface area contributed by atoms with Crippen LogP contribution < -0.4 is 0 Å². The maximum Gasteiger partial charge on any atom is 0.0774 e. The molecular weight excluding hydrogens is 292 g/mol. The summed E-state index contributed by atoms with van der Waals surface area (Å²) in [7, 11) is 0. The third-order valence-electron chi connectivity index (χ3n) is 2.76. The van der Waals surface area contributed by atoms with E-state index in [1.165, 1.54) is 0 Å². The van der Waals surface area contributed by atoms with Crippen LogP contribution in [0.25, 0.3) is 21.2 Å². The van der Waals surface area contributed by atoms with Gasteiger partial charge in [-0.15, -0.1) is 0 Å². The molecule has 1 atom stereocenters. The van der Waals surface area contributed by atoms with Gasteiger partial charge in [0.2, 0.25) is 0 Å². The average Bonchev–Trinajstić information content (AvgIpc) is 2.42. The topological polar surface area (TPSA) is 72.5 Å². The SMILES string of the molecule is N#C[C@H](CN=[N+]=[N-])c1ccc(Br)c2ccccc12. The second-order valence-electron chi connectivity index (χ2n) is 3.78. The van der Waals surface area contributed by atoms with Gasteiger partial charge in [0, 0.05) is 15.9 Å². The highest BCUT2D eigenvalue weighted by atomic mass is 79.9. The van der Waals surface area contributed by atoms with Crippen molar-refractivity contribution in [2.75, 3.05) is 6.54 Å². The number of nitrogens with zero attached hydrogens (tertiary/aromatic N) is 4. The molecule has 0 aromatic heterocycles. The van der Waals surface area contributed by atoms with Crippen LogP contribution in [0.3, 0.4) is 0 Å². The number of nitriles is 1. The van der Waals surface area contributed by atoms with E-state index in [9.17, 15) is 5.26 Å². The Hall–Kier alpha value is -2.02. The summed E-state index contributed by atoms with van der Waals surface area (Å²) < 4.78 is 0.988. The smallest absolute Gasteiger partial charge is 0.0774 e. The first-order chi connectivity index (χ1) is 8.77. The average molecular weight is 301 g/mol. The Morgan fingerprint density at radius 1 is 1.28 bits per heavy atom. The highest BCUT2D eigenvalue weighted by molar-refractivity contribution is 9.10. The Bertz CT molecular complexity index is 668. The van der Waals surface area contributed by atoms with E-state index in [0.29, 0.717) is 0 Å². The normalized spacial score (nSPS) is 11.6. The van der Waals surface area contributed by atoms with Gasteiger partial charge in [-0.2, -0.15) is 5.26 Å². The number of rotatable bonds is 3. The number of fused-ring (bicyclic) bond motifs is 1. The minimum Gasteiger partial charge on any atom is -0.198 e. The Morgan fingerprint density at radius 2 is 2.00 bits per heavy atom. The summed E-state index contributed by atoms with van der Waals surface area (Å²) in [4.78, 5) is 2.71. The first-order valence-corrected chi connectivity index (χ1v) is 6.15. The summed E-state index contributed by atoms with van der Waals surface area (Å²) >= 11 is 3.49. The zero-order chi connectivity index (χ0) is 13.0. The van der Waals surface area contributed by atoms with Gasteiger partial charge in [0.15, 0.2) is 0 Å². The first kappa shape index (κ1) is 12.4. The van der Waals surface area contributed by atoms with Gasteiger partial charge in [0.1, 0.15) is 0 Å². The first-order valence-electron chi connectivity index (χ1n) is 5.35. The standard InChI is InChI=1S/C13H9BrN4/c14-13-6-5-10(9(7-15)8-17-18-16)11-3-1-2-4-12(11)13/h1-6,9H,8H2/t9-/m1/s1. The predicted octanol–water partition coefficient (Wildman–Crippen LogP) is 4.52. The zero-order valence-corrected chi connectivity index (χ0v) is 11.0. The van der Waals surface area contributed by atoms with Gasteiger partial charge >= 0.3 is 0 Å². The van der Waals surface area contributed by atoms with E-state index in [1.54, 1.807) is 0 Å². The summed E-state index contributed by atoms with van der Waals surface area (Å²) in [6.45, 7) is 0.151. The van der Waals surface area contributed by atoms with Crippen LogP contribution in [0.15, 0.2) is 46.0 Å². The Balaban J connectivity index is 2.60. The van der Waals surface area contributed by atoms with Crippen molar-refractivity contribution in [2.24, 2.45) is 5.11 Å². The second kappa shape index (κ2) is 5.54. The van der Waals surface area contributed by atoms with Crippen molar-refractivity contribution in [3.05, 3.63) is 56.9 Å². The lowest BCUT2D eigenvalue weighted by atomic mass is 9.94. The lowest BCUT2D eigenvalue weighted by Gasteiger charge is -2.11. The van der Waals surface area contributed by atoms with Crippen molar-refractivity contribution >= 4 is 26.7 Å². The lowest BCUT2D eigenvalue weighted by molar-refractivity contribution is 0.862. The molecule has 4 nitrogen and oxygen atoms in total. The molecule has 2 rings (SSSR count). The van der Waals surface area contributed by atoms with Crippen LogP contribution in [0.1, 0.15) is 11.5 Å². The monoisotopic (exact) mass is 300 g/mol. The molecule has 0 radical (unpaired) electrons. The summed E-state index contributed by atoms with van der Waals surface area (Å²) in [6, 6.07) is 13.8. The van der Waals surface area contributed by atoms with Crippen LogP contribution in [-0.4, -0.2) is 6.54 Å². The number of azide groups is 1. The van der Waals surface area contributed by atoms with Gasteiger partial charge in [0.05, 0.1) is 12.0 Å². The number of halogens is 1. The van der Waals surface area contributed by atoms with Crippen LogP contribution in [0, 0.1) is 11.3 Å². The quantitative estimate of drug-likeness (QED) is 0.466. The molecule has 0 saturated heterocycles. The Labute approximate surface area is 113 Å². The third-order valence-corrected chi connectivity index (χ3v) is 3.45. The summed E-state index contributed by atoms with van der Waals surface area (Å²) in [6.07, 6.45) is 0. The minimum atomic E-state index is -0.418. The van der Waals surface area contributed by atoms with Gasteiger partial charge in [-0.25, -0.2) is 0 Å². The van der Waals surface area contributed by atoms with Crippen molar-refractivity contribution in [3.8, 4) is 6.07 Å². The van der Waals surface area contributed by atoms with Crippen molar-refractivity contribution in [2.45, 2.75) is 5.92 Å². The van der Waals surface area contributed by atoms with Gasteiger partial charge in [-0.3, -0.25) is 0 Å². The molecule has 2 aromatic carbocycles. The molecule has 2 aromatic rings. The molecule has 0 N–H and O–H groups in total. The largest absolute Gasteiger partial charge is 0.198 e. The zero-order valence-electron chi connectivity index (χ0n) is 9.42. The molecule has 0 saturated carbocycles. The van der Waals surface area contributed by atoms with E-state index in [1.807, 2.05) is 36.4 Å². The van der Waals surface area contributed by atoms with Crippen LogP contribution in [0.2, 0.25) is 0 Å². The van der Waals surface area contributed by atoms with E-state index >= 15 is 0 Å². The molecule has 0 heterocycles. The van der Waals surface area contributed by atoms with Crippen molar-refractivity contribution < 1.29 is 0 Å². The number of hydrogen-bond acceptors (Lipinski definition) is 2. The van der Waals surface area contributed by atoms with Crippen LogP contribution in [-0.2, 0) is 0 Å². The van der Waals surface area contributed by atoms with Crippen molar-refractivity contribution in [1.29, 1.82) is 5.26 Å². The number of hydrogen-bond donors (Lipinski definition) is 0. The fourth-order valence-corrected chi connectivity index (χ4v) is 2.39. The molecule has 5 heteroatoms. The molecule has 0 amide bonds. The van der Waals surface area contributed by atoms with Crippen molar-refractivity contribution in [3.63, 3.8) is 0 Å². The molecule has 0 aliphatic rings. The van der Waals surface area contributed by atoms with Gasteiger partial charge < -0.3 is 0 Å². The molecule has 0 aliphatic carbocycles. The summed E-state index contributed by atoms with van der Waals surface area (Å²) in [5, 5.41) is 14.7. The lowest BCUT2D eigenvalue weighted by Crippen LogP contribution is -2.00. The molecule has 0 aliphatic heterocycles. The second-order valence-corrected chi connectivity index (χ2v) is 4.63. The minimum absolute atomic E-state index is 0.151. The van der Waals surface area contributed by atoms with Crippen LogP contribution >= 0.6 is 15.9 Å². The van der Waals surface area contributed by atoms with E-state index in [-0.39, 0.29) is 6.54 Å². The molecule has 0 unspecified atom stereocenters. The maximum atomic E-state index is 9.19. The molecule has 0 fully saturated rings. The Morgan fingerprint density at radius 3 is 2.67 bits per heavy atom. The van der Waals surface area contributed by atoms with E-state index in [2.05, 4.69) is 32.0 Å². The van der Waals surface area contributed by atoms with Crippen LogP contribution in [0.4, 0.5) is 0 Å². The summed E-state index contributed by atoms with van der Waals surface area (Å²) in [5.74, 6) is -0.418. The van der Waals surface area contributed by atoms with Crippen LogP contribution in [0.5, 0.6) is 0 Å². The summed E-state index contributed by atoms with van der Waals surface area (Å²) in [5.41, 5.74) is 9.25. The number of benzene rings is 2. The van der Waals surface area contributed by atoms with Gasteiger partial charge in [-0.05, 0) is 27.9 Å². The Kier molecular flexibility index (Phi) is 3.83. The fraction of sp³-hybridized carbons (Fsp3) is 0.154. The highest BCUT2D eigenvalue weighted by Crippen LogP contribution is 2.31. The molecule has 18 heavy (non-hydrogen) atoms. The van der Waals surface area contributed by atoms with Gasteiger partial charge in [0.25, 0.3) is 0 Å². The third kappa shape index (κ3) is 2.30. The van der Waals surface area contributed by atoms with E-state index < -0.39 is 5.92 Å². The predicted molar refractivity (Wildman–Crippen MR) is 74.0 cm³/mol.